The van der Waals surface area contributed by atoms with Gasteiger partial charge >= 0.3 is 0 Å². The first-order valence-corrected chi connectivity index (χ1v) is 6.83. The zero-order valence-electron chi connectivity index (χ0n) is 9.50. The second kappa shape index (κ2) is 4.54. The molecule has 0 aromatic carbocycles. The third-order valence-electron chi connectivity index (χ3n) is 2.96. The van der Waals surface area contributed by atoms with E-state index in [1.54, 1.807) is 0 Å². The van der Waals surface area contributed by atoms with Gasteiger partial charge in [-0.3, -0.25) is 9.59 Å². The lowest BCUT2D eigenvalue weighted by molar-refractivity contribution is -0.121. The topological polar surface area (TPSA) is 113 Å². The number of aromatic nitrogens is 1. The van der Waals surface area contributed by atoms with E-state index in [-0.39, 0.29) is 18.0 Å². The maximum atomic E-state index is 12.2. The molecule has 0 radical (unpaired) electrons. The number of hydrogen-bond acceptors (Lipinski definition) is 4. The minimum Gasteiger partial charge on any atom is -0.369 e. The van der Waals surface area contributed by atoms with Gasteiger partial charge < -0.3 is 10.7 Å². The SMILES string of the molecule is NC(=O)C1CCN(S(=O)(=O)c2c[nH]ccc2=O)C1. The molecule has 18 heavy (non-hydrogen) atoms. The Labute approximate surface area is 104 Å². The van der Waals surface area contributed by atoms with E-state index in [0.717, 1.165) is 16.6 Å². The van der Waals surface area contributed by atoms with Crippen molar-refractivity contribution >= 4 is 15.9 Å². The highest BCUT2D eigenvalue weighted by Crippen LogP contribution is 2.22. The molecule has 0 spiro atoms. The van der Waals surface area contributed by atoms with Crippen LogP contribution in [0.25, 0.3) is 0 Å². The smallest absolute Gasteiger partial charge is 0.248 e. The summed E-state index contributed by atoms with van der Waals surface area (Å²) in [4.78, 5) is 24.8. The summed E-state index contributed by atoms with van der Waals surface area (Å²) in [6.07, 6.45) is 2.89. The van der Waals surface area contributed by atoms with Gasteiger partial charge in [-0.05, 0) is 6.42 Å². The van der Waals surface area contributed by atoms with Crippen molar-refractivity contribution in [2.24, 2.45) is 11.7 Å². The van der Waals surface area contributed by atoms with Crippen molar-refractivity contribution in [3.63, 3.8) is 0 Å². The van der Waals surface area contributed by atoms with Gasteiger partial charge in [-0.1, -0.05) is 0 Å². The van der Waals surface area contributed by atoms with Crippen molar-refractivity contribution in [3.8, 4) is 0 Å². The number of rotatable bonds is 3. The van der Waals surface area contributed by atoms with Gasteiger partial charge in [0.05, 0.1) is 5.92 Å². The fraction of sp³-hybridized carbons (Fsp3) is 0.400. The quantitative estimate of drug-likeness (QED) is 0.724. The van der Waals surface area contributed by atoms with Gasteiger partial charge in [-0.15, -0.1) is 0 Å². The van der Waals surface area contributed by atoms with Gasteiger partial charge in [0.15, 0.2) is 0 Å². The Kier molecular flexibility index (Phi) is 3.22. The first kappa shape index (κ1) is 12.8. The van der Waals surface area contributed by atoms with Gasteiger partial charge in [0, 0.05) is 31.5 Å². The van der Waals surface area contributed by atoms with Crippen molar-refractivity contribution in [2.75, 3.05) is 13.1 Å². The van der Waals surface area contributed by atoms with Gasteiger partial charge in [0.25, 0.3) is 0 Å². The fourth-order valence-corrected chi connectivity index (χ4v) is 3.46. The van der Waals surface area contributed by atoms with Crippen LogP contribution in [-0.4, -0.2) is 36.7 Å². The summed E-state index contributed by atoms with van der Waals surface area (Å²) in [7, 11) is -3.85. The van der Waals surface area contributed by atoms with Crippen molar-refractivity contribution in [1.82, 2.24) is 9.29 Å². The lowest BCUT2D eigenvalue weighted by atomic mass is 10.1. The van der Waals surface area contributed by atoms with E-state index in [4.69, 9.17) is 5.73 Å². The predicted octanol–water partition coefficient (Wildman–Crippen LogP) is -1.13. The number of carbonyl (C=O) groups is 1. The van der Waals surface area contributed by atoms with Crippen LogP contribution in [0.1, 0.15) is 6.42 Å². The lowest BCUT2D eigenvalue weighted by Gasteiger charge is -2.15. The van der Waals surface area contributed by atoms with E-state index in [9.17, 15) is 18.0 Å². The van der Waals surface area contributed by atoms with E-state index in [0.29, 0.717) is 6.42 Å². The molecule has 0 aliphatic carbocycles. The minimum absolute atomic E-state index is 0.0337. The van der Waals surface area contributed by atoms with Crippen LogP contribution in [0, 0.1) is 5.92 Å². The summed E-state index contributed by atoms with van der Waals surface area (Å²) < 4.78 is 25.5. The van der Waals surface area contributed by atoms with Crippen LogP contribution in [0.15, 0.2) is 28.2 Å². The number of sulfonamides is 1. The molecule has 2 heterocycles. The van der Waals surface area contributed by atoms with Crippen molar-refractivity contribution in [2.45, 2.75) is 11.3 Å². The zero-order chi connectivity index (χ0) is 13.3. The zero-order valence-corrected chi connectivity index (χ0v) is 10.3. The average Bonchev–Trinajstić information content (AvgIpc) is 2.79. The highest BCUT2D eigenvalue weighted by atomic mass is 32.2. The Hall–Kier alpha value is -1.67. The number of hydrogen-bond donors (Lipinski definition) is 2. The van der Waals surface area contributed by atoms with E-state index in [1.807, 2.05) is 0 Å². The summed E-state index contributed by atoms with van der Waals surface area (Å²) in [5.74, 6) is -1.00. The molecule has 1 fully saturated rings. The number of primary amides is 1. The molecule has 3 N–H and O–H groups in total. The molecule has 0 bridgehead atoms. The monoisotopic (exact) mass is 271 g/mol. The number of nitrogens with zero attached hydrogens (tertiary/aromatic N) is 1. The molecule has 1 amide bonds. The molecule has 1 unspecified atom stereocenters. The van der Waals surface area contributed by atoms with Crippen LogP contribution >= 0.6 is 0 Å². The maximum absolute atomic E-state index is 12.2. The standard InChI is InChI=1S/C10H13N3O4S/c11-10(15)7-2-4-13(6-7)18(16,17)9-5-12-3-1-8(9)14/h1,3,5,7H,2,4,6H2,(H2,11,15)(H,12,14). The summed E-state index contributed by atoms with van der Waals surface area (Å²) in [6.45, 7) is 0.232. The lowest BCUT2D eigenvalue weighted by Crippen LogP contribution is -2.34. The highest BCUT2D eigenvalue weighted by Gasteiger charge is 2.35. The summed E-state index contributed by atoms with van der Waals surface area (Å²) in [5.41, 5.74) is 4.57. The molecule has 7 nitrogen and oxygen atoms in total. The van der Waals surface area contributed by atoms with Crippen molar-refractivity contribution in [3.05, 3.63) is 28.7 Å². The number of nitrogens with one attached hydrogen (secondary N) is 1. The molecule has 1 aliphatic rings. The predicted molar refractivity (Wildman–Crippen MR) is 63.1 cm³/mol. The molecule has 0 saturated carbocycles. The minimum atomic E-state index is -3.85. The van der Waals surface area contributed by atoms with E-state index in [1.165, 1.54) is 6.20 Å². The van der Waals surface area contributed by atoms with E-state index < -0.39 is 27.3 Å². The maximum Gasteiger partial charge on any atom is 0.248 e. The number of carbonyl (C=O) groups excluding carboxylic acids is 1. The molecule has 1 aromatic rings. The molecular weight excluding hydrogens is 258 g/mol. The highest BCUT2D eigenvalue weighted by molar-refractivity contribution is 7.89. The molecule has 2 rings (SSSR count). The van der Waals surface area contributed by atoms with E-state index >= 15 is 0 Å². The van der Waals surface area contributed by atoms with Crippen LogP contribution in [-0.2, 0) is 14.8 Å². The third kappa shape index (κ3) is 2.16. The Morgan fingerprint density at radius 1 is 1.50 bits per heavy atom. The van der Waals surface area contributed by atoms with Crippen LogP contribution in [0.4, 0.5) is 0 Å². The third-order valence-corrected chi connectivity index (χ3v) is 4.85. The van der Waals surface area contributed by atoms with Gasteiger partial charge in [-0.25, -0.2) is 8.42 Å². The Bertz CT molecular complexity index is 622. The van der Waals surface area contributed by atoms with Gasteiger partial charge in [0.1, 0.15) is 4.90 Å². The molecular formula is C10H13N3O4S. The average molecular weight is 271 g/mol. The summed E-state index contributed by atoms with van der Waals surface area (Å²) >= 11 is 0. The number of pyridine rings is 1. The van der Waals surface area contributed by atoms with Gasteiger partial charge in [-0.2, -0.15) is 4.31 Å². The van der Waals surface area contributed by atoms with Crippen molar-refractivity contribution < 1.29 is 13.2 Å². The summed E-state index contributed by atoms with van der Waals surface area (Å²) in [6, 6.07) is 1.15. The Morgan fingerprint density at radius 3 is 2.78 bits per heavy atom. The Morgan fingerprint density at radius 2 is 2.22 bits per heavy atom. The molecule has 98 valence electrons. The molecule has 8 heteroatoms. The molecule has 1 aliphatic heterocycles. The van der Waals surface area contributed by atoms with Crippen molar-refractivity contribution in [1.29, 1.82) is 0 Å². The second-order valence-electron chi connectivity index (χ2n) is 4.12. The molecule has 1 saturated heterocycles. The number of amides is 1. The van der Waals surface area contributed by atoms with Crippen LogP contribution in [0.3, 0.4) is 0 Å². The second-order valence-corrected chi connectivity index (χ2v) is 6.03. The van der Waals surface area contributed by atoms with Crippen LogP contribution < -0.4 is 11.2 Å². The molecule has 1 atom stereocenters. The fourth-order valence-electron chi connectivity index (χ4n) is 1.92. The largest absolute Gasteiger partial charge is 0.369 e. The number of H-pyrrole nitrogens is 1. The first-order valence-electron chi connectivity index (χ1n) is 5.39. The van der Waals surface area contributed by atoms with Crippen LogP contribution in [0.2, 0.25) is 0 Å². The van der Waals surface area contributed by atoms with E-state index in [2.05, 4.69) is 4.98 Å². The normalized spacial score (nSPS) is 21.0. The van der Waals surface area contributed by atoms with Crippen LogP contribution in [0.5, 0.6) is 0 Å². The summed E-state index contributed by atoms with van der Waals surface area (Å²) in [5, 5.41) is 0. The Balaban J connectivity index is 2.32. The van der Waals surface area contributed by atoms with Gasteiger partial charge in [0.2, 0.25) is 21.4 Å². The first-order chi connectivity index (χ1) is 8.43. The number of nitrogens with two attached hydrogens (primary N) is 1. The number of aromatic amines is 1. The molecule has 1 aromatic heterocycles.